The van der Waals surface area contributed by atoms with Crippen molar-refractivity contribution in [3.8, 4) is 0 Å². The summed E-state index contributed by atoms with van der Waals surface area (Å²) in [5.74, 6) is 0.645. The standard InChI is InChI=1S/C15H23Cl/c1-2-3-4-5-6-7-10-14-11-8-9-12-15(14)13-16/h8-9,11-12H,2-7,10,13H2,1H3. The average molecular weight is 239 g/mol. The van der Waals surface area contributed by atoms with Gasteiger partial charge in [-0.15, -0.1) is 11.6 Å². The lowest BCUT2D eigenvalue weighted by Gasteiger charge is -2.06. The maximum Gasteiger partial charge on any atom is 0.0476 e. The summed E-state index contributed by atoms with van der Waals surface area (Å²) >= 11 is 5.91. The number of hydrogen-bond donors (Lipinski definition) is 0. The largest absolute Gasteiger partial charge is 0.122 e. The first-order chi connectivity index (χ1) is 7.88. The molecule has 0 N–H and O–H groups in total. The molecule has 0 saturated heterocycles. The summed E-state index contributed by atoms with van der Waals surface area (Å²) in [5.41, 5.74) is 2.74. The average Bonchev–Trinajstić information content (AvgIpc) is 2.34. The fourth-order valence-electron chi connectivity index (χ4n) is 2.03. The van der Waals surface area contributed by atoms with Gasteiger partial charge in [0.1, 0.15) is 0 Å². The number of hydrogen-bond acceptors (Lipinski definition) is 0. The van der Waals surface area contributed by atoms with E-state index in [4.69, 9.17) is 11.6 Å². The minimum Gasteiger partial charge on any atom is -0.122 e. The van der Waals surface area contributed by atoms with Crippen molar-refractivity contribution in [1.82, 2.24) is 0 Å². The molecule has 0 radical (unpaired) electrons. The highest BCUT2D eigenvalue weighted by atomic mass is 35.5. The molecule has 0 spiro atoms. The molecule has 0 aliphatic carbocycles. The van der Waals surface area contributed by atoms with Gasteiger partial charge in [0.2, 0.25) is 0 Å². The van der Waals surface area contributed by atoms with Gasteiger partial charge in [-0.05, 0) is 24.0 Å². The first-order valence-electron chi connectivity index (χ1n) is 6.51. The van der Waals surface area contributed by atoms with Gasteiger partial charge in [-0.25, -0.2) is 0 Å². The molecule has 1 rings (SSSR count). The van der Waals surface area contributed by atoms with Crippen LogP contribution >= 0.6 is 11.6 Å². The Morgan fingerprint density at radius 3 is 2.19 bits per heavy atom. The Balaban J connectivity index is 2.21. The minimum absolute atomic E-state index is 0.645. The quantitative estimate of drug-likeness (QED) is 0.424. The third kappa shape index (κ3) is 5.03. The van der Waals surface area contributed by atoms with Gasteiger partial charge in [0.25, 0.3) is 0 Å². The first kappa shape index (κ1) is 13.6. The molecule has 0 unspecified atom stereocenters. The Hall–Kier alpha value is -0.490. The number of rotatable bonds is 8. The lowest BCUT2D eigenvalue weighted by molar-refractivity contribution is 0.607. The van der Waals surface area contributed by atoms with Crippen molar-refractivity contribution in [2.75, 3.05) is 0 Å². The molecule has 90 valence electrons. The maximum atomic E-state index is 5.91. The number of benzene rings is 1. The highest BCUT2D eigenvalue weighted by molar-refractivity contribution is 6.17. The molecule has 1 heteroatoms. The zero-order valence-corrected chi connectivity index (χ0v) is 11.1. The maximum absolute atomic E-state index is 5.91. The zero-order chi connectivity index (χ0) is 11.6. The zero-order valence-electron chi connectivity index (χ0n) is 10.3. The summed E-state index contributed by atoms with van der Waals surface area (Å²) in [6.07, 6.45) is 9.35. The molecular formula is C15H23Cl. The number of aryl methyl sites for hydroxylation is 1. The molecule has 1 aromatic rings. The van der Waals surface area contributed by atoms with Gasteiger partial charge in [-0.3, -0.25) is 0 Å². The van der Waals surface area contributed by atoms with Crippen molar-refractivity contribution in [1.29, 1.82) is 0 Å². The van der Waals surface area contributed by atoms with Crippen LogP contribution in [-0.4, -0.2) is 0 Å². The number of unbranched alkanes of at least 4 members (excludes halogenated alkanes) is 5. The highest BCUT2D eigenvalue weighted by Gasteiger charge is 1.99. The molecule has 0 amide bonds. The van der Waals surface area contributed by atoms with Gasteiger partial charge in [-0.2, -0.15) is 0 Å². The van der Waals surface area contributed by atoms with E-state index in [-0.39, 0.29) is 0 Å². The van der Waals surface area contributed by atoms with E-state index in [2.05, 4.69) is 31.2 Å². The fourth-order valence-corrected chi connectivity index (χ4v) is 2.29. The van der Waals surface area contributed by atoms with E-state index in [1.54, 1.807) is 0 Å². The fraction of sp³-hybridized carbons (Fsp3) is 0.600. The lowest BCUT2D eigenvalue weighted by Crippen LogP contribution is -1.92. The van der Waals surface area contributed by atoms with Crippen LogP contribution in [-0.2, 0) is 12.3 Å². The molecule has 0 saturated carbocycles. The third-order valence-electron chi connectivity index (χ3n) is 3.06. The van der Waals surface area contributed by atoms with Crippen LogP contribution in [0.5, 0.6) is 0 Å². The van der Waals surface area contributed by atoms with Crippen LogP contribution in [0.2, 0.25) is 0 Å². The summed E-state index contributed by atoms with van der Waals surface area (Å²) in [6, 6.07) is 8.54. The Morgan fingerprint density at radius 1 is 0.875 bits per heavy atom. The number of halogens is 1. The van der Waals surface area contributed by atoms with Crippen LogP contribution in [0.25, 0.3) is 0 Å². The molecule has 0 heterocycles. The van der Waals surface area contributed by atoms with Crippen molar-refractivity contribution >= 4 is 11.6 Å². The van der Waals surface area contributed by atoms with Crippen molar-refractivity contribution in [3.63, 3.8) is 0 Å². The molecular weight excluding hydrogens is 216 g/mol. The molecule has 0 aromatic heterocycles. The second kappa shape index (κ2) is 8.64. The van der Waals surface area contributed by atoms with E-state index in [0.717, 1.165) is 0 Å². The van der Waals surface area contributed by atoms with E-state index in [0.29, 0.717) is 5.88 Å². The molecule has 16 heavy (non-hydrogen) atoms. The monoisotopic (exact) mass is 238 g/mol. The topological polar surface area (TPSA) is 0 Å². The Labute approximate surface area is 105 Å². The first-order valence-corrected chi connectivity index (χ1v) is 7.04. The Kier molecular flexibility index (Phi) is 7.33. The minimum atomic E-state index is 0.645. The second-order valence-electron chi connectivity index (χ2n) is 4.42. The molecule has 0 nitrogen and oxygen atoms in total. The van der Waals surface area contributed by atoms with Gasteiger partial charge in [-0.1, -0.05) is 63.3 Å². The molecule has 0 aliphatic rings. The molecule has 0 fully saturated rings. The van der Waals surface area contributed by atoms with Crippen LogP contribution in [0, 0.1) is 0 Å². The van der Waals surface area contributed by atoms with E-state index >= 15 is 0 Å². The smallest absolute Gasteiger partial charge is 0.0476 e. The van der Waals surface area contributed by atoms with Crippen LogP contribution < -0.4 is 0 Å². The van der Waals surface area contributed by atoms with E-state index in [1.165, 1.54) is 56.1 Å². The third-order valence-corrected chi connectivity index (χ3v) is 3.35. The van der Waals surface area contributed by atoms with Crippen LogP contribution in [0.4, 0.5) is 0 Å². The van der Waals surface area contributed by atoms with Crippen molar-refractivity contribution in [2.45, 2.75) is 57.7 Å². The second-order valence-corrected chi connectivity index (χ2v) is 4.69. The predicted octanol–water partition coefficient (Wildman–Crippen LogP) is 5.33. The Bertz CT molecular complexity index is 281. The van der Waals surface area contributed by atoms with Gasteiger partial charge in [0, 0.05) is 5.88 Å². The van der Waals surface area contributed by atoms with Crippen molar-refractivity contribution < 1.29 is 0 Å². The summed E-state index contributed by atoms with van der Waals surface area (Å²) in [4.78, 5) is 0. The van der Waals surface area contributed by atoms with Gasteiger partial charge >= 0.3 is 0 Å². The van der Waals surface area contributed by atoms with Crippen LogP contribution in [0.3, 0.4) is 0 Å². The highest BCUT2D eigenvalue weighted by Crippen LogP contribution is 2.15. The SMILES string of the molecule is CCCCCCCCc1ccccc1CCl. The van der Waals surface area contributed by atoms with Crippen LogP contribution in [0.15, 0.2) is 24.3 Å². The molecule has 1 aromatic carbocycles. The molecule has 0 bridgehead atoms. The lowest BCUT2D eigenvalue weighted by atomic mass is 10.0. The summed E-state index contributed by atoms with van der Waals surface area (Å²) in [5, 5.41) is 0. The normalized spacial score (nSPS) is 10.6. The number of alkyl halides is 1. The van der Waals surface area contributed by atoms with Gasteiger partial charge in [0.05, 0.1) is 0 Å². The van der Waals surface area contributed by atoms with Gasteiger partial charge < -0.3 is 0 Å². The van der Waals surface area contributed by atoms with E-state index in [9.17, 15) is 0 Å². The summed E-state index contributed by atoms with van der Waals surface area (Å²) in [6.45, 7) is 2.26. The summed E-state index contributed by atoms with van der Waals surface area (Å²) in [7, 11) is 0. The molecule has 0 atom stereocenters. The van der Waals surface area contributed by atoms with E-state index in [1.807, 2.05) is 0 Å². The van der Waals surface area contributed by atoms with Crippen molar-refractivity contribution in [2.24, 2.45) is 0 Å². The van der Waals surface area contributed by atoms with Crippen molar-refractivity contribution in [3.05, 3.63) is 35.4 Å². The van der Waals surface area contributed by atoms with E-state index < -0.39 is 0 Å². The van der Waals surface area contributed by atoms with Gasteiger partial charge in [0.15, 0.2) is 0 Å². The summed E-state index contributed by atoms with van der Waals surface area (Å²) < 4.78 is 0. The Morgan fingerprint density at radius 2 is 1.50 bits per heavy atom. The molecule has 0 aliphatic heterocycles. The predicted molar refractivity (Wildman–Crippen MR) is 73.1 cm³/mol. The van der Waals surface area contributed by atoms with Crippen LogP contribution in [0.1, 0.15) is 56.6 Å².